The second-order valence-electron chi connectivity index (χ2n) is 11.1. The van der Waals surface area contributed by atoms with Gasteiger partial charge in [0.25, 0.3) is 0 Å². The first-order chi connectivity index (χ1) is 21.5. The summed E-state index contributed by atoms with van der Waals surface area (Å²) >= 11 is 0. The molecule has 0 spiro atoms. The predicted molar refractivity (Wildman–Crippen MR) is 176 cm³/mol. The molecule has 0 aliphatic rings. The second kappa shape index (κ2) is 11.1. The summed E-state index contributed by atoms with van der Waals surface area (Å²) in [6, 6.07) is 31.5. The minimum atomic E-state index is -0.331. The highest BCUT2D eigenvalue weighted by Gasteiger charge is 2.21. The highest BCUT2D eigenvalue weighted by molar-refractivity contribution is 6.09. The number of fused-ring (bicyclic) bond motifs is 3. The number of hydrogen-bond donors (Lipinski definition) is 0. The van der Waals surface area contributed by atoms with Gasteiger partial charge in [0.15, 0.2) is 0 Å². The number of aryl methyl sites for hydroxylation is 3. The molecule has 0 aliphatic heterocycles. The van der Waals surface area contributed by atoms with Crippen molar-refractivity contribution < 1.29 is 9.13 Å². The molecule has 0 saturated carbocycles. The first kappa shape index (κ1) is 27.6. The number of halogens is 1. The van der Waals surface area contributed by atoms with E-state index in [1.807, 2.05) is 53.1 Å². The molecule has 3 heterocycles. The molecule has 0 unspecified atom stereocenters. The van der Waals surface area contributed by atoms with Crippen LogP contribution in [0.1, 0.15) is 36.4 Å². The molecule has 6 heteroatoms. The number of benzene rings is 4. The Bertz CT molecular complexity index is 2150. The molecule has 4 aromatic carbocycles. The summed E-state index contributed by atoms with van der Waals surface area (Å²) in [4.78, 5) is 4.48. The monoisotopic (exact) mass is 580 g/mol. The van der Waals surface area contributed by atoms with Gasteiger partial charge in [-0.3, -0.25) is 4.57 Å². The van der Waals surface area contributed by atoms with Gasteiger partial charge in [-0.05, 0) is 79.8 Å². The van der Waals surface area contributed by atoms with Crippen molar-refractivity contribution >= 4 is 21.8 Å². The van der Waals surface area contributed by atoms with Crippen LogP contribution in [0.5, 0.6) is 11.5 Å². The Kier molecular flexibility index (Phi) is 6.97. The smallest absolute Gasteiger partial charge is 0.140 e. The summed E-state index contributed by atoms with van der Waals surface area (Å²) in [6.07, 6.45) is 3.18. The van der Waals surface area contributed by atoms with Crippen LogP contribution >= 0.6 is 0 Å². The third-order valence-electron chi connectivity index (χ3n) is 8.33. The van der Waals surface area contributed by atoms with Crippen molar-refractivity contribution in [1.29, 1.82) is 0 Å². The molecule has 218 valence electrons. The Balaban J connectivity index is 1.31. The molecule has 0 radical (unpaired) electrons. The number of nitrogens with zero attached hydrogens (tertiary/aromatic N) is 4. The average Bonchev–Trinajstić information content (AvgIpc) is 3.56. The zero-order valence-corrected chi connectivity index (χ0v) is 25.3. The van der Waals surface area contributed by atoms with Crippen LogP contribution in [0.15, 0.2) is 103 Å². The SMILES string of the molecule is CCc1nn(-c2cccc(Oc3ccc4c5ccccc5n(-c5cc(F)ccn5)c4c3)c2)c(CC)c1-c1c(C)cccc1C. The topological polar surface area (TPSA) is 44.9 Å². The van der Waals surface area contributed by atoms with Gasteiger partial charge in [-0.25, -0.2) is 14.1 Å². The van der Waals surface area contributed by atoms with E-state index >= 15 is 0 Å². The van der Waals surface area contributed by atoms with Crippen molar-refractivity contribution in [3.63, 3.8) is 0 Å². The fraction of sp³-hybridized carbons (Fsp3) is 0.158. The van der Waals surface area contributed by atoms with Crippen LogP contribution in [0, 0.1) is 19.7 Å². The molecule has 0 fully saturated rings. The van der Waals surface area contributed by atoms with Gasteiger partial charge in [0.05, 0.1) is 28.1 Å². The third kappa shape index (κ3) is 4.63. The predicted octanol–water partition coefficient (Wildman–Crippen LogP) is 9.70. The van der Waals surface area contributed by atoms with Gasteiger partial charge in [-0.2, -0.15) is 5.10 Å². The van der Waals surface area contributed by atoms with E-state index in [-0.39, 0.29) is 5.82 Å². The van der Waals surface area contributed by atoms with Gasteiger partial charge >= 0.3 is 0 Å². The van der Waals surface area contributed by atoms with E-state index in [0.717, 1.165) is 46.0 Å². The van der Waals surface area contributed by atoms with E-state index in [9.17, 15) is 4.39 Å². The lowest BCUT2D eigenvalue weighted by molar-refractivity contribution is 0.482. The maximum absolute atomic E-state index is 14.3. The summed E-state index contributed by atoms with van der Waals surface area (Å²) in [5.74, 6) is 1.57. The Labute approximate surface area is 256 Å². The molecule has 0 bridgehead atoms. The van der Waals surface area contributed by atoms with E-state index in [0.29, 0.717) is 17.3 Å². The van der Waals surface area contributed by atoms with Crippen LogP contribution < -0.4 is 4.74 Å². The second-order valence-corrected chi connectivity index (χ2v) is 11.1. The summed E-state index contributed by atoms with van der Waals surface area (Å²) in [7, 11) is 0. The molecule has 0 aliphatic carbocycles. The number of rotatable bonds is 7. The quantitative estimate of drug-likeness (QED) is 0.189. The number of para-hydroxylation sites is 1. The van der Waals surface area contributed by atoms with Crippen LogP contribution in [0.2, 0.25) is 0 Å². The van der Waals surface area contributed by atoms with E-state index < -0.39 is 0 Å². The molecule has 5 nitrogen and oxygen atoms in total. The molecular formula is C38H33FN4O. The van der Waals surface area contributed by atoms with Crippen LogP contribution in [-0.2, 0) is 12.8 Å². The minimum Gasteiger partial charge on any atom is -0.457 e. The van der Waals surface area contributed by atoms with Gasteiger partial charge in [-0.15, -0.1) is 0 Å². The average molecular weight is 581 g/mol. The van der Waals surface area contributed by atoms with Crippen LogP contribution in [0.4, 0.5) is 4.39 Å². The van der Waals surface area contributed by atoms with E-state index in [1.165, 1.54) is 46.3 Å². The molecule has 0 amide bonds. The van der Waals surface area contributed by atoms with Crippen LogP contribution in [0.25, 0.3) is 44.4 Å². The lowest BCUT2D eigenvalue weighted by Gasteiger charge is -2.13. The maximum atomic E-state index is 14.3. The largest absolute Gasteiger partial charge is 0.457 e. The number of pyridine rings is 1. The van der Waals surface area contributed by atoms with Gasteiger partial charge in [0, 0.05) is 40.7 Å². The molecule has 44 heavy (non-hydrogen) atoms. The van der Waals surface area contributed by atoms with Crippen molar-refractivity contribution in [2.24, 2.45) is 0 Å². The number of aromatic nitrogens is 4. The lowest BCUT2D eigenvalue weighted by atomic mass is 9.92. The van der Waals surface area contributed by atoms with Gasteiger partial charge in [-0.1, -0.05) is 56.3 Å². The third-order valence-corrected chi connectivity index (χ3v) is 8.33. The first-order valence-corrected chi connectivity index (χ1v) is 15.1. The number of ether oxygens (including phenoxy) is 1. The van der Waals surface area contributed by atoms with Crippen molar-refractivity contribution in [3.05, 3.63) is 132 Å². The van der Waals surface area contributed by atoms with Gasteiger partial charge in [0.1, 0.15) is 23.1 Å². The summed E-state index contributed by atoms with van der Waals surface area (Å²) < 4.78 is 24.8. The molecular weight excluding hydrogens is 547 g/mol. The molecule has 7 aromatic rings. The highest BCUT2D eigenvalue weighted by atomic mass is 19.1. The van der Waals surface area contributed by atoms with Gasteiger partial charge in [0.2, 0.25) is 0 Å². The summed E-state index contributed by atoms with van der Waals surface area (Å²) in [6.45, 7) is 8.70. The zero-order valence-electron chi connectivity index (χ0n) is 25.3. The lowest BCUT2D eigenvalue weighted by Crippen LogP contribution is -2.02. The maximum Gasteiger partial charge on any atom is 0.140 e. The van der Waals surface area contributed by atoms with Crippen molar-refractivity contribution in [2.45, 2.75) is 40.5 Å². The van der Waals surface area contributed by atoms with Crippen molar-refractivity contribution in [3.8, 4) is 34.1 Å². The molecule has 0 N–H and O–H groups in total. The molecule has 0 saturated heterocycles. The Hall–Kier alpha value is -5.23. The normalized spacial score (nSPS) is 11.5. The Morgan fingerprint density at radius 1 is 0.705 bits per heavy atom. The highest BCUT2D eigenvalue weighted by Crippen LogP contribution is 2.37. The van der Waals surface area contributed by atoms with E-state index in [2.05, 4.69) is 73.8 Å². The van der Waals surface area contributed by atoms with Crippen LogP contribution in [0.3, 0.4) is 0 Å². The Morgan fingerprint density at radius 2 is 1.45 bits per heavy atom. The van der Waals surface area contributed by atoms with Gasteiger partial charge < -0.3 is 4.74 Å². The molecule has 7 rings (SSSR count). The van der Waals surface area contributed by atoms with Crippen LogP contribution in [-0.4, -0.2) is 19.3 Å². The summed E-state index contributed by atoms with van der Waals surface area (Å²) in [5.41, 5.74) is 10.1. The Morgan fingerprint density at radius 3 is 2.23 bits per heavy atom. The fourth-order valence-electron chi connectivity index (χ4n) is 6.38. The van der Waals surface area contributed by atoms with E-state index in [1.54, 1.807) is 0 Å². The fourth-order valence-corrected chi connectivity index (χ4v) is 6.38. The molecule has 3 aromatic heterocycles. The number of hydrogen-bond acceptors (Lipinski definition) is 3. The minimum absolute atomic E-state index is 0.331. The van der Waals surface area contributed by atoms with Crippen molar-refractivity contribution in [2.75, 3.05) is 0 Å². The standard InChI is InChI=1S/C38H33FN4O/c1-5-32-38(37-24(3)11-9-12-25(37)4)33(6-2)43(41-32)27-13-10-14-28(22-27)44-29-17-18-31-30-15-7-8-16-34(30)42(35(31)23-29)36-21-26(39)19-20-40-36/h7-23H,5-6H2,1-4H3. The van der Waals surface area contributed by atoms with E-state index in [4.69, 9.17) is 9.84 Å². The molecule has 0 atom stereocenters. The first-order valence-electron chi connectivity index (χ1n) is 15.1. The van der Waals surface area contributed by atoms with Crippen molar-refractivity contribution in [1.82, 2.24) is 19.3 Å². The zero-order chi connectivity index (χ0) is 30.4. The summed E-state index contributed by atoms with van der Waals surface area (Å²) in [5, 5.41) is 7.23.